The van der Waals surface area contributed by atoms with Crippen molar-refractivity contribution in [3.8, 4) is 11.5 Å². The van der Waals surface area contributed by atoms with Crippen LogP contribution in [-0.2, 0) is 0 Å². The van der Waals surface area contributed by atoms with Crippen molar-refractivity contribution >= 4 is 38.3 Å². The largest absolute Gasteiger partial charge is 0.494 e. The van der Waals surface area contributed by atoms with Crippen LogP contribution in [0.15, 0.2) is 30.3 Å². The van der Waals surface area contributed by atoms with E-state index in [1.54, 1.807) is 0 Å². The third-order valence-corrected chi connectivity index (χ3v) is 5.10. The molecule has 0 heterocycles. The molecule has 25 heavy (non-hydrogen) atoms. The molecule has 0 unspecified atom stereocenters. The van der Waals surface area contributed by atoms with Crippen molar-refractivity contribution in [3.05, 3.63) is 35.4 Å². The van der Waals surface area contributed by atoms with E-state index in [1.807, 2.05) is 24.3 Å². The third-order valence-electron chi connectivity index (χ3n) is 4.15. The first-order valence-electron chi connectivity index (χ1n) is 9.30. The summed E-state index contributed by atoms with van der Waals surface area (Å²) in [7, 11) is 0. The number of hydrogen-bond donors (Lipinski definition) is 0. The summed E-state index contributed by atoms with van der Waals surface area (Å²) in [6.07, 6.45) is 8.47. The van der Waals surface area contributed by atoms with Gasteiger partial charge in [0.05, 0.1) is 18.2 Å². The molecule has 0 aromatic heterocycles. The van der Waals surface area contributed by atoms with Gasteiger partial charge in [-0.15, -0.1) is 0 Å². The molecule has 0 radical (unpaired) electrons. The number of ether oxygens (including phenoxy) is 2. The second-order valence-corrected chi connectivity index (χ2v) is 7.44. The number of alkyl halides is 1. The van der Waals surface area contributed by atoms with E-state index in [1.165, 1.54) is 32.1 Å². The van der Waals surface area contributed by atoms with Crippen molar-refractivity contribution in [3.63, 3.8) is 0 Å². The van der Waals surface area contributed by atoms with Crippen LogP contribution in [0, 0.1) is 0 Å². The molecule has 0 aliphatic rings. The lowest BCUT2D eigenvalue weighted by Crippen LogP contribution is -1.98. The highest BCUT2D eigenvalue weighted by atomic mass is 79.9. The normalized spacial score (nSPS) is 11.0. The van der Waals surface area contributed by atoms with E-state index < -0.39 is 0 Å². The fourth-order valence-electron chi connectivity index (χ4n) is 2.76. The van der Waals surface area contributed by atoms with Crippen molar-refractivity contribution in [2.45, 2.75) is 51.9 Å². The first kappa shape index (κ1) is 20.4. The molecule has 2 rings (SSSR count). The predicted molar refractivity (Wildman–Crippen MR) is 112 cm³/mol. The molecule has 0 saturated heterocycles. The molecule has 0 fully saturated rings. The number of halogens is 2. The maximum atomic E-state index is 6.53. The number of fused-ring (bicyclic) bond motifs is 1. The van der Waals surface area contributed by atoms with Crippen LogP contribution in [0.1, 0.15) is 51.9 Å². The minimum Gasteiger partial charge on any atom is -0.494 e. The first-order valence-corrected chi connectivity index (χ1v) is 10.8. The van der Waals surface area contributed by atoms with Crippen LogP contribution >= 0.6 is 27.5 Å². The van der Waals surface area contributed by atoms with E-state index in [0.29, 0.717) is 5.02 Å². The maximum Gasteiger partial charge on any atom is 0.138 e. The van der Waals surface area contributed by atoms with E-state index in [4.69, 9.17) is 21.1 Å². The molecule has 138 valence electrons. The minimum absolute atomic E-state index is 0.692. The summed E-state index contributed by atoms with van der Waals surface area (Å²) in [5.74, 6) is 1.66. The zero-order chi connectivity index (χ0) is 17.9. The van der Waals surface area contributed by atoms with Crippen molar-refractivity contribution in [2.24, 2.45) is 0 Å². The fraction of sp³-hybridized carbons (Fsp3) is 0.524. The summed E-state index contributed by atoms with van der Waals surface area (Å²) in [5, 5.41) is 3.90. The highest BCUT2D eigenvalue weighted by molar-refractivity contribution is 9.09. The standard InChI is InChI=1S/C21H28BrClO2/c1-2-14-24-18-10-11-19-17(16-18)9-12-20(21(19)23)25-15-8-6-4-3-5-7-13-22/h9-12,16H,2-8,13-15H2,1H3. The van der Waals surface area contributed by atoms with Crippen molar-refractivity contribution < 1.29 is 9.47 Å². The van der Waals surface area contributed by atoms with Gasteiger partial charge in [0.1, 0.15) is 11.5 Å². The smallest absolute Gasteiger partial charge is 0.138 e. The molecular weight excluding hydrogens is 400 g/mol. The average molecular weight is 428 g/mol. The highest BCUT2D eigenvalue weighted by Crippen LogP contribution is 2.34. The van der Waals surface area contributed by atoms with Crippen LogP contribution in [0.5, 0.6) is 11.5 Å². The molecule has 0 aliphatic heterocycles. The van der Waals surface area contributed by atoms with Crippen LogP contribution < -0.4 is 9.47 Å². The van der Waals surface area contributed by atoms with Crippen LogP contribution in [0.2, 0.25) is 5.02 Å². The maximum absolute atomic E-state index is 6.53. The van der Waals surface area contributed by atoms with E-state index in [-0.39, 0.29) is 0 Å². The Morgan fingerprint density at radius 2 is 1.64 bits per heavy atom. The molecule has 0 spiro atoms. The summed E-state index contributed by atoms with van der Waals surface area (Å²) in [6.45, 7) is 3.56. The fourth-order valence-corrected chi connectivity index (χ4v) is 3.44. The van der Waals surface area contributed by atoms with Gasteiger partial charge >= 0.3 is 0 Å². The predicted octanol–water partition coefficient (Wildman–Crippen LogP) is 7.40. The molecule has 4 heteroatoms. The lowest BCUT2D eigenvalue weighted by atomic mass is 10.1. The molecule has 0 N–H and O–H groups in total. The minimum atomic E-state index is 0.692. The highest BCUT2D eigenvalue weighted by Gasteiger charge is 2.08. The van der Waals surface area contributed by atoms with Gasteiger partial charge in [-0.25, -0.2) is 0 Å². The lowest BCUT2D eigenvalue weighted by molar-refractivity contribution is 0.305. The monoisotopic (exact) mass is 426 g/mol. The molecule has 0 bridgehead atoms. The van der Waals surface area contributed by atoms with E-state index in [2.05, 4.69) is 28.9 Å². The van der Waals surface area contributed by atoms with Crippen LogP contribution in [-0.4, -0.2) is 18.5 Å². The lowest BCUT2D eigenvalue weighted by Gasteiger charge is -2.11. The average Bonchev–Trinajstić information content (AvgIpc) is 2.63. The molecule has 0 atom stereocenters. The molecule has 0 aliphatic carbocycles. The Morgan fingerprint density at radius 3 is 2.40 bits per heavy atom. The SMILES string of the molecule is CCCOc1ccc2c(Cl)c(OCCCCCCCCBr)ccc2c1. The molecule has 2 aromatic rings. The number of hydrogen-bond acceptors (Lipinski definition) is 2. The van der Waals surface area contributed by atoms with Crippen molar-refractivity contribution in [1.29, 1.82) is 0 Å². The topological polar surface area (TPSA) is 18.5 Å². The van der Waals surface area contributed by atoms with Gasteiger partial charge in [-0.2, -0.15) is 0 Å². The van der Waals surface area contributed by atoms with Crippen molar-refractivity contribution in [1.82, 2.24) is 0 Å². The zero-order valence-electron chi connectivity index (χ0n) is 15.0. The number of unbranched alkanes of at least 4 members (excludes halogenated alkanes) is 5. The Balaban J connectivity index is 1.84. The van der Waals surface area contributed by atoms with Crippen molar-refractivity contribution in [2.75, 3.05) is 18.5 Å². The Kier molecular flexibility index (Phi) is 9.49. The number of benzene rings is 2. The van der Waals surface area contributed by atoms with Gasteiger partial charge in [0, 0.05) is 10.7 Å². The van der Waals surface area contributed by atoms with Gasteiger partial charge in [0.15, 0.2) is 0 Å². The van der Waals surface area contributed by atoms with Crippen LogP contribution in [0.25, 0.3) is 10.8 Å². The summed E-state index contributed by atoms with van der Waals surface area (Å²) in [5.41, 5.74) is 0. The third kappa shape index (κ3) is 6.71. The zero-order valence-corrected chi connectivity index (χ0v) is 17.4. The second kappa shape index (κ2) is 11.6. The summed E-state index contributed by atoms with van der Waals surface area (Å²) >= 11 is 9.99. The molecule has 2 nitrogen and oxygen atoms in total. The van der Waals surface area contributed by atoms with E-state index >= 15 is 0 Å². The quantitative estimate of drug-likeness (QED) is 0.259. The van der Waals surface area contributed by atoms with E-state index in [9.17, 15) is 0 Å². The summed E-state index contributed by atoms with van der Waals surface area (Å²) in [6, 6.07) is 10.0. The Bertz CT molecular complexity index is 645. The molecular formula is C21H28BrClO2. The first-order chi connectivity index (χ1) is 12.3. The Labute approximate surface area is 165 Å². The van der Waals surface area contributed by atoms with Crippen LogP contribution in [0.4, 0.5) is 0 Å². The summed E-state index contributed by atoms with van der Waals surface area (Å²) in [4.78, 5) is 0. The Hall–Kier alpha value is -0.930. The second-order valence-electron chi connectivity index (χ2n) is 6.27. The van der Waals surface area contributed by atoms with E-state index in [0.717, 1.165) is 53.7 Å². The molecule has 2 aromatic carbocycles. The Morgan fingerprint density at radius 1 is 0.880 bits per heavy atom. The van der Waals surface area contributed by atoms with Gasteiger partial charge in [-0.05, 0) is 48.9 Å². The van der Waals surface area contributed by atoms with Gasteiger partial charge in [0.2, 0.25) is 0 Å². The van der Waals surface area contributed by atoms with Gasteiger partial charge in [-0.3, -0.25) is 0 Å². The van der Waals surface area contributed by atoms with Gasteiger partial charge in [0.25, 0.3) is 0 Å². The summed E-state index contributed by atoms with van der Waals surface area (Å²) < 4.78 is 11.6. The van der Waals surface area contributed by atoms with Crippen LogP contribution in [0.3, 0.4) is 0 Å². The molecule has 0 saturated carbocycles. The van der Waals surface area contributed by atoms with Gasteiger partial charge < -0.3 is 9.47 Å². The van der Waals surface area contributed by atoms with Gasteiger partial charge in [-0.1, -0.05) is 66.2 Å². The number of rotatable bonds is 12. The molecule has 0 amide bonds.